The van der Waals surface area contributed by atoms with Gasteiger partial charge in [0.25, 0.3) is 0 Å². The van der Waals surface area contributed by atoms with Crippen LogP contribution in [-0.2, 0) is 9.32 Å². The molecule has 8 unspecified atom stereocenters. The fourth-order valence-electron chi connectivity index (χ4n) is 1.48. The first-order chi connectivity index (χ1) is 10.4. The number of hydrogen-bond donors (Lipinski definition) is 2. The maximum atomic E-state index is 10.4. The Morgan fingerprint density at radius 3 is 2.04 bits per heavy atom. The highest BCUT2D eigenvalue weighted by atomic mass is 32.4. The number of aliphatic hydroxyl groups is 1. The summed E-state index contributed by atoms with van der Waals surface area (Å²) in [4.78, 5) is 10.4. The van der Waals surface area contributed by atoms with Crippen molar-refractivity contribution in [3.8, 4) is 0 Å². The number of carbonyl (C=O) groups is 1. The first kappa shape index (κ1) is 27.1. The molecule has 9 atom stereocenters. The second kappa shape index (κ2) is 15.0. The van der Waals surface area contributed by atoms with Crippen molar-refractivity contribution in [1.82, 2.24) is 9.34 Å². The average Bonchev–Trinajstić information content (AvgIpc) is 2.43. The number of nitrogens with zero attached hydrogens (tertiary/aromatic N) is 2. The van der Waals surface area contributed by atoms with Gasteiger partial charge < -0.3 is 14.7 Å². The summed E-state index contributed by atoms with van der Waals surface area (Å²) < 4.78 is 9.39. The first-order valence-corrected chi connectivity index (χ1v) is 14.7. The first-order valence-electron chi connectivity index (χ1n) is 6.95. The van der Waals surface area contributed by atoms with E-state index < -0.39 is 12.1 Å². The van der Waals surface area contributed by atoms with Crippen LogP contribution in [0.4, 0.5) is 0 Å². The number of aliphatic hydroxyl groups excluding tert-OH is 1. The normalized spacial score (nSPS) is 17.3. The molecule has 0 aromatic heterocycles. The van der Waals surface area contributed by atoms with E-state index in [4.69, 9.17) is 9.63 Å². The topological polar surface area (TPSA) is 73.2 Å². The predicted molar refractivity (Wildman–Crippen MR) is 117 cm³/mol. The van der Waals surface area contributed by atoms with Crippen molar-refractivity contribution in [3.63, 3.8) is 0 Å². The van der Waals surface area contributed by atoms with Crippen molar-refractivity contribution in [1.29, 1.82) is 0 Å². The number of hydrogen-bond acceptors (Lipinski definition) is 5. The number of likely N-dealkylation sites (N-methyl/N-ethyl adjacent to an activating group) is 1. The van der Waals surface area contributed by atoms with Gasteiger partial charge in [-0.3, -0.25) is 14.1 Å². The van der Waals surface area contributed by atoms with Gasteiger partial charge in [-0.2, -0.15) is 0 Å². The summed E-state index contributed by atoms with van der Waals surface area (Å²) in [6, 6.07) is 0.197. The molecule has 23 heavy (non-hydrogen) atoms. The Balaban J connectivity index is 0. The third-order valence-electron chi connectivity index (χ3n) is 3.15. The van der Waals surface area contributed by atoms with Crippen molar-refractivity contribution in [2.45, 2.75) is 39.0 Å². The smallest absolute Gasteiger partial charge is 0.307 e. The molecule has 0 fully saturated rings. The fraction of sp³-hybridized carbons (Fsp3) is 0.909. The van der Waals surface area contributed by atoms with E-state index in [1.165, 1.54) is 0 Å². The molecule has 6 nitrogen and oxygen atoms in total. The zero-order valence-corrected chi connectivity index (χ0v) is 20.9. The summed E-state index contributed by atoms with van der Waals surface area (Å²) >= 11 is 0. The molecule has 0 spiro atoms. The van der Waals surface area contributed by atoms with E-state index in [1.807, 2.05) is 30.4 Å². The van der Waals surface area contributed by atoms with Crippen LogP contribution in [-0.4, -0.2) is 64.4 Å². The Morgan fingerprint density at radius 2 is 1.78 bits per heavy atom. The molecule has 0 radical (unpaired) electrons. The Labute approximate surface area is 152 Å². The molecule has 0 aliphatic carbocycles. The van der Waals surface area contributed by atoms with Gasteiger partial charge in [-0.05, 0) is 27.9 Å². The van der Waals surface area contributed by atoms with Crippen LogP contribution in [0.3, 0.4) is 0 Å². The lowest BCUT2D eigenvalue weighted by Gasteiger charge is -2.30. The summed E-state index contributed by atoms with van der Waals surface area (Å²) in [5.74, 6) is -1.02. The van der Waals surface area contributed by atoms with Gasteiger partial charge >= 0.3 is 5.97 Å². The highest BCUT2D eigenvalue weighted by molar-refractivity contribution is 8.42. The van der Waals surface area contributed by atoms with Gasteiger partial charge in [0.15, 0.2) is 0 Å². The second-order valence-corrected chi connectivity index (χ2v) is 13.7. The van der Waals surface area contributed by atoms with Gasteiger partial charge in [0.1, 0.15) is 6.10 Å². The summed E-state index contributed by atoms with van der Waals surface area (Å²) in [5, 5.41) is 18.0. The van der Waals surface area contributed by atoms with Gasteiger partial charge in [-0.15, -0.1) is 0 Å². The van der Waals surface area contributed by atoms with E-state index in [1.54, 1.807) is 13.8 Å². The average molecular weight is 442 g/mol. The Hall–Kier alpha value is 1.89. The Bertz CT molecular complexity index is 325. The largest absolute Gasteiger partial charge is 0.481 e. The molecule has 0 saturated carbocycles. The standard InChI is InChI=1S/C6H18NO2P3.C5H14NO2P3/c1-4(7(3)10)6(5(2)8)9-12-11;1-4(5(7)8)3-6(2)11(9)10/h4-6,8,12H,10-11H2,1-3H3;4H,3,9-10H2,1-2H3,(H,7,8)/t4-,5?,6?;/m0./s1. The highest BCUT2D eigenvalue weighted by Crippen LogP contribution is 2.55. The summed E-state index contributed by atoms with van der Waals surface area (Å²) in [6.45, 7) is 6.09. The predicted octanol–water partition coefficient (Wildman–Crippen LogP) is 2.86. The molecule has 0 aromatic rings. The molecule has 0 rings (SSSR count). The number of carboxylic acid groups (broad SMARTS) is 1. The SMILES string of the molecule is CC(CN(C)P(P)P)C(=O)O.CC(O)C(OPP)[C@H](C)N(C)P. The van der Waals surface area contributed by atoms with Gasteiger partial charge in [-0.1, -0.05) is 43.1 Å². The van der Waals surface area contributed by atoms with Crippen LogP contribution in [0, 0.1) is 5.92 Å². The lowest BCUT2D eigenvalue weighted by atomic mass is 10.1. The van der Waals surface area contributed by atoms with Gasteiger partial charge in [0.2, 0.25) is 0 Å². The van der Waals surface area contributed by atoms with E-state index in [0.29, 0.717) is 15.0 Å². The van der Waals surface area contributed by atoms with Gasteiger partial charge in [-0.25, -0.2) is 0 Å². The maximum Gasteiger partial charge on any atom is 0.307 e. The molecule has 0 aromatic carbocycles. The molecule has 0 saturated heterocycles. The Kier molecular flexibility index (Phi) is 17.7. The molecule has 0 heterocycles. The monoisotopic (exact) mass is 442 g/mol. The minimum Gasteiger partial charge on any atom is -0.481 e. The van der Waals surface area contributed by atoms with E-state index >= 15 is 0 Å². The zero-order chi connectivity index (χ0) is 18.7. The fourth-order valence-corrected chi connectivity index (χ4v) is 3.67. The third-order valence-corrected chi connectivity index (χ3v) is 7.76. The molecule has 0 aliphatic rings. The molecular formula is C11H32N2O4P6. The van der Waals surface area contributed by atoms with Crippen molar-refractivity contribution in [2.24, 2.45) is 5.92 Å². The van der Waals surface area contributed by atoms with E-state index in [-0.39, 0.29) is 25.5 Å². The maximum absolute atomic E-state index is 10.4. The van der Waals surface area contributed by atoms with Crippen LogP contribution in [0.25, 0.3) is 0 Å². The minimum absolute atomic E-state index is 0.122. The summed E-state index contributed by atoms with van der Waals surface area (Å²) in [6.07, 6.45) is -0.556. The van der Waals surface area contributed by atoms with Crippen LogP contribution < -0.4 is 0 Å². The molecule has 0 aliphatic heterocycles. The van der Waals surface area contributed by atoms with Crippen molar-refractivity contribution >= 4 is 58.1 Å². The number of aliphatic carboxylic acids is 1. The summed E-state index contributed by atoms with van der Waals surface area (Å²) in [5.41, 5.74) is 0. The molecule has 12 heteroatoms. The van der Waals surface area contributed by atoms with Crippen LogP contribution in [0.1, 0.15) is 20.8 Å². The lowest BCUT2D eigenvalue weighted by molar-refractivity contribution is -0.141. The third kappa shape index (κ3) is 13.7. The van der Waals surface area contributed by atoms with E-state index in [2.05, 4.69) is 36.2 Å². The molecule has 0 bridgehead atoms. The highest BCUT2D eigenvalue weighted by Gasteiger charge is 2.24. The second-order valence-electron chi connectivity index (χ2n) is 5.31. The van der Waals surface area contributed by atoms with Crippen LogP contribution in [0.2, 0.25) is 0 Å². The van der Waals surface area contributed by atoms with Gasteiger partial charge in [0.05, 0.1) is 12.0 Å². The summed E-state index contributed by atoms with van der Waals surface area (Å²) in [7, 11) is 14.3. The van der Waals surface area contributed by atoms with E-state index in [9.17, 15) is 9.90 Å². The van der Waals surface area contributed by atoms with Crippen molar-refractivity contribution in [2.75, 3.05) is 20.6 Å². The van der Waals surface area contributed by atoms with Crippen LogP contribution >= 0.6 is 52.1 Å². The molecule has 140 valence electrons. The lowest BCUT2D eigenvalue weighted by Crippen LogP contribution is -2.40. The van der Waals surface area contributed by atoms with Crippen LogP contribution in [0.15, 0.2) is 0 Å². The quantitative estimate of drug-likeness (QED) is 0.536. The number of carboxylic acids is 1. The number of rotatable bonds is 9. The molecule has 2 N–H and O–H groups in total. The Morgan fingerprint density at radius 1 is 1.30 bits per heavy atom. The van der Waals surface area contributed by atoms with Crippen LogP contribution in [0.5, 0.6) is 0 Å². The van der Waals surface area contributed by atoms with Gasteiger partial charge in [0, 0.05) is 28.5 Å². The zero-order valence-electron chi connectivity index (χ0n) is 14.4. The molecular weight excluding hydrogens is 410 g/mol. The van der Waals surface area contributed by atoms with Crippen molar-refractivity contribution in [3.05, 3.63) is 0 Å². The minimum atomic E-state index is -0.733. The van der Waals surface area contributed by atoms with Crippen molar-refractivity contribution < 1.29 is 19.5 Å². The molecule has 0 amide bonds. The van der Waals surface area contributed by atoms with E-state index in [0.717, 1.165) is 0 Å².